The Morgan fingerprint density at radius 1 is 1.29 bits per heavy atom. The summed E-state index contributed by atoms with van der Waals surface area (Å²) in [5.41, 5.74) is 2.58. The molecule has 2 aromatic rings. The Morgan fingerprint density at radius 2 is 1.96 bits per heavy atom. The van der Waals surface area contributed by atoms with Gasteiger partial charge in [0.25, 0.3) is 5.91 Å². The first-order valence-corrected chi connectivity index (χ1v) is 8.43. The molecule has 0 aliphatic carbocycles. The molecule has 124 valence electrons. The van der Waals surface area contributed by atoms with Gasteiger partial charge >= 0.3 is 0 Å². The molecule has 0 fully saturated rings. The predicted molar refractivity (Wildman–Crippen MR) is 99.5 cm³/mol. The summed E-state index contributed by atoms with van der Waals surface area (Å²) in [7, 11) is 0. The highest BCUT2D eigenvalue weighted by molar-refractivity contribution is 7.80. The van der Waals surface area contributed by atoms with Gasteiger partial charge in [0.05, 0.1) is 5.56 Å². The van der Waals surface area contributed by atoms with Crippen LogP contribution in [0.25, 0.3) is 0 Å². The predicted octanol–water partition coefficient (Wildman–Crippen LogP) is 3.44. The first kappa shape index (κ1) is 17.9. The fourth-order valence-corrected chi connectivity index (χ4v) is 3.23. The lowest BCUT2D eigenvalue weighted by atomic mass is 10.2. The van der Waals surface area contributed by atoms with Crippen LogP contribution in [0.15, 0.2) is 24.3 Å². The molecule has 7 heteroatoms. The number of nitriles is 1. The Bertz CT molecular complexity index is 804. The van der Waals surface area contributed by atoms with Crippen LogP contribution in [0.3, 0.4) is 0 Å². The van der Waals surface area contributed by atoms with Crippen LogP contribution >= 0.6 is 23.6 Å². The average molecular weight is 359 g/mol. The lowest BCUT2D eigenvalue weighted by Gasteiger charge is -2.09. The summed E-state index contributed by atoms with van der Waals surface area (Å²) < 4.78 is 5.39. The number of thiophene rings is 1. The van der Waals surface area contributed by atoms with Gasteiger partial charge in [-0.1, -0.05) is 17.7 Å². The minimum absolute atomic E-state index is 0.140. The molecule has 1 amide bonds. The van der Waals surface area contributed by atoms with Crippen LogP contribution in [-0.2, 0) is 4.79 Å². The van der Waals surface area contributed by atoms with Gasteiger partial charge in [-0.2, -0.15) is 5.26 Å². The van der Waals surface area contributed by atoms with Crippen molar-refractivity contribution in [2.75, 3.05) is 11.9 Å². The maximum Gasteiger partial charge on any atom is 0.264 e. The van der Waals surface area contributed by atoms with E-state index < -0.39 is 0 Å². The summed E-state index contributed by atoms with van der Waals surface area (Å²) in [6, 6.07) is 9.56. The third-order valence-corrected chi connectivity index (χ3v) is 4.69. The molecule has 0 radical (unpaired) electrons. The number of carbonyl (C=O) groups is 1. The smallest absolute Gasteiger partial charge is 0.264 e. The van der Waals surface area contributed by atoms with E-state index in [0.29, 0.717) is 16.3 Å². The van der Waals surface area contributed by atoms with E-state index in [2.05, 4.69) is 16.7 Å². The Morgan fingerprint density at radius 3 is 2.58 bits per heavy atom. The first-order chi connectivity index (χ1) is 11.4. The van der Waals surface area contributed by atoms with Gasteiger partial charge in [-0.25, -0.2) is 0 Å². The largest absolute Gasteiger partial charge is 0.484 e. The van der Waals surface area contributed by atoms with Gasteiger partial charge in [0.1, 0.15) is 16.8 Å². The zero-order chi connectivity index (χ0) is 17.7. The number of ether oxygens (including phenoxy) is 1. The molecule has 1 heterocycles. The second-order valence-corrected chi connectivity index (χ2v) is 6.84. The third kappa shape index (κ3) is 4.54. The molecule has 0 atom stereocenters. The summed E-state index contributed by atoms with van der Waals surface area (Å²) in [5, 5.41) is 15.4. The third-order valence-electron chi connectivity index (χ3n) is 3.37. The minimum atomic E-state index is -0.364. The molecule has 0 saturated heterocycles. The van der Waals surface area contributed by atoms with Crippen molar-refractivity contribution in [1.82, 2.24) is 5.32 Å². The molecule has 24 heavy (non-hydrogen) atoms. The molecule has 0 aliphatic rings. The maximum absolute atomic E-state index is 11.9. The summed E-state index contributed by atoms with van der Waals surface area (Å²) in [6.45, 7) is 5.65. The maximum atomic E-state index is 11.9. The van der Waals surface area contributed by atoms with Gasteiger partial charge in [0, 0.05) is 4.88 Å². The summed E-state index contributed by atoms with van der Waals surface area (Å²) in [5.74, 6) is 0.252. The van der Waals surface area contributed by atoms with Crippen LogP contribution in [0.2, 0.25) is 0 Å². The number of nitrogens with one attached hydrogen (secondary N) is 2. The molecule has 2 N–H and O–H groups in total. The number of benzene rings is 1. The van der Waals surface area contributed by atoms with Gasteiger partial charge in [-0.05, 0) is 50.7 Å². The molecule has 5 nitrogen and oxygen atoms in total. The van der Waals surface area contributed by atoms with Crippen molar-refractivity contribution in [3.8, 4) is 11.8 Å². The highest BCUT2D eigenvalue weighted by atomic mass is 32.1. The molecule has 0 saturated carbocycles. The number of carbonyl (C=O) groups excluding carboxylic acids is 1. The van der Waals surface area contributed by atoms with E-state index >= 15 is 0 Å². The second-order valence-electron chi connectivity index (χ2n) is 5.20. The van der Waals surface area contributed by atoms with Crippen LogP contribution in [0.5, 0.6) is 5.75 Å². The number of hydrogen-bond donors (Lipinski definition) is 2. The van der Waals surface area contributed by atoms with E-state index in [9.17, 15) is 10.1 Å². The summed E-state index contributed by atoms with van der Waals surface area (Å²) in [6.07, 6.45) is 0. The van der Waals surface area contributed by atoms with E-state index in [4.69, 9.17) is 17.0 Å². The van der Waals surface area contributed by atoms with Crippen LogP contribution in [-0.4, -0.2) is 17.6 Å². The first-order valence-electron chi connectivity index (χ1n) is 7.21. The number of thiocarbonyl (C=S) groups is 1. The molecule has 1 aromatic heterocycles. The highest BCUT2D eigenvalue weighted by Crippen LogP contribution is 2.31. The lowest BCUT2D eigenvalue weighted by molar-refractivity contribution is -0.121. The molecule has 0 bridgehead atoms. The fourth-order valence-electron chi connectivity index (χ4n) is 1.93. The number of amides is 1. The number of aryl methyl sites for hydroxylation is 2. The fraction of sp³-hybridized carbons (Fsp3) is 0.235. The molecular formula is C17H17N3O2S2. The van der Waals surface area contributed by atoms with Crippen LogP contribution < -0.4 is 15.4 Å². The van der Waals surface area contributed by atoms with E-state index in [1.807, 2.05) is 32.9 Å². The zero-order valence-electron chi connectivity index (χ0n) is 13.6. The number of rotatable bonds is 4. The Labute approximate surface area is 150 Å². The second kappa shape index (κ2) is 7.90. The number of hydrogen-bond acceptors (Lipinski definition) is 5. The van der Waals surface area contributed by atoms with Crippen LogP contribution in [0.4, 0.5) is 5.00 Å². The molecule has 0 spiro atoms. The van der Waals surface area contributed by atoms with E-state index in [1.54, 1.807) is 12.1 Å². The highest BCUT2D eigenvalue weighted by Gasteiger charge is 2.14. The van der Waals surface area contributed by atoms with Gasteiger partial charge in [-0.3, -0.25) is 10.1 Å². The van der Waals surface area contributed by atoms with Crippen molar-refractivity contribution >= 4 is 39.6 Å². The monoisotopic (exact) mass is 359 g/mol. The van der Waals surface area contributed by atoms with Crippen LogP contribution in [0.1, 0.15) is 21.6 Å². The number of nitrogens with zero attached hydrogens (tertiary/aromatic N) is 1. The van der Waals surface area contributed by atoms with E-state index in [0.717, 1.165) is 16.0 Å². The Kier molecular flexibility index (Phi) is 5.90. The van der Waals surface area contributed by atoms with E-state index in [1.165, 1.54) is 11.3 Å². The average Bonchev–Trinajstić information content (AvgIpc) is 2.80. The minimum Gasteiger partial charge on any atom is -0.484 e. The molecule has 0 unspecified atom stereocenters. The van der Waals surface area contributed by atoms with Crippen molar-refractivity contribution in [3.05, 3.63) is 45.8 Å². The Balaban J connectivity index is 1.88. The van der Waals surface area contributed by atoms with Gasteiger partial charge < -0.3 is 10.1 Å². The molecule has 0 aliphatic heterocycles. The van der Waals surface area contributed by atoms with E-state index in [-0.39, 0.29) is 17.6 Å². The van der Waals surface area contributed by atoms with Crippen molar-refractivity contribution in [2.45, 2.75) is 20.8 Å². The normalized spacial score (nSPS) is 9.92. The Hall–Kier alpha value is -2.43. The summed E-state index contributed by atoms with van der Waals surface area (Å²) >= 11 is 6.55. The van der Waals surface area contributed by atoms with Crippen molar-refractivity contribution in [2.24, 2.45) is 0 Å². The lowest BCUT2D eigenvalue weighted by Crippen LogP contribution is -2.37. The van der Waals surface area contributed by atoms with Crippen molar-refractivity contribution in [1.29, 1.82) is 5.26 Å². The van der Waals surface area contributed by atoms with Gasteiger partial charge in [0.2, 0.25) is 0 Å². The number of anilines is 1. The van der Waals surface area contributed by atoms with Gasteiger partial charge in [0.15, 0.2) is 11.7 Å². The summed E-state index contributed by atoms with van der Waals surface area (Å²) in [4.78, 5) is 12.9. The molecule has 1 aromatic carbocycles. The van der Waals surface area contributed by atoms with Crippen molar-refractivity contribution < 1.29 is 9.53 Å². The molecule has 2 rings (SSSR count). The molecular weight excluding hydrogens is 342 g/mol. The van der Waals surface area contributed by atoms with Crippen LogP contribution in [0, 0.1) is 32.1 Å². The topological polar surface area (TPSA) is 74.2 Å². The zero-order valence-corrected chi connectivity index (χ0v) is 15.2. The standard InChI is InChI=1S/C17H17N3O2S2/c1-10-4-6-13(7-5-10)22-9-15(21)19-17(23)20-16-14(8-18)11(2)12(3)24-16/h4-7H,9H2,1-3H3,(H2,19,20,21,23). The SMILES string of the molecule is Cc1ccc(OCC(=O)NC(=S)Nc2sc(C)c(C)c2C#N)cc1. The van der Waals surface area contributed by atoms with Gasteiger partial charge in [-0.15, -0.1) is 11.3 Å². The van der Waals surface area contributed by atoms with Crippen molar-refractivity contribution in [3.63, 3.8) is 0 Å². The quantitative estimate of drug-likeness (QED) is 0.818.